The molecule has 0 radical (unpaired) electrons. The van der Waals surface area contributed by atoms with Crippen LogP contribution in [0.2, 0.25) is 0 Å². The van der Waals surface area contributed by atoms with Crippen molar-refractivity contribution in [2.24, 2.45) is 17.8 Å². The van der Waals surface area contributed by atoms with Crippen molar-refractivity contribution < 1.29 is 9.53 Å². The van der Waals surface area contributed by atoms with Crippen LogP contribution in [-0.2, 0) is 14.9 Å². The number of fused-ring (bicyclic) bond motifs is 2. The largest absolute Gasteiger partial charge is 0.377 e. The number of carbonyl (C=O) groups is 1. The molecule has 1 amide bonds. The molecule has 1 aromatic rings. The third-order valence-electron chi connectivity index (χ3n) is 8.64. The van der Waals surface area contributed by atoms with Crippen molar-refractivity contribution in [3.63, 3.8) is 0 Å². The van der Waals surface area contributed by atoms with E-state index in [0.717, 1.165) is 18.4 Å². The molecule has 0 unspecified atom stereocenters. The fourth-order valence-electron chi connectivity index (χ4n) is 7.96. The number of ether oxygens (including phenoxy) is 1. The summed E-state index contributed by atoms with van der Waals surface area (Å²) in [6.07, 6.45) is 4.46. The minimum atomic E-state index is 0.156. The molecule has 4 nitrogen and oxygen atoms in total. The number of hydrogen-bond donors (Lipinski definition) is 0. The first kappa shape index (κ1) is 13.8. The van der Waals surface area contributed by atoms with E-state index in [9.17, 15) is 4.79 Å². The Morgan fingerprint density at radius 2 is 2.16 bits per heavy atom. The lowest BCUT2D eigenvalue weighted by Crippen LogP contribution is -2.70. The van der Waals surface area contributed by atoms with Crippen molar-refractivity contribution in [1.29, 1.82) is 0 Å². The number of amides is 1. The molecule has 4 saturated heterocycles. The van der Waals surface area contributed by atoms with Crippen LogP contribution >= 0.6 is 0 Å². The Labute approximate surface area is 148 Å². The van der Waals surface area contributed by atoms with Crippen molar-refractivity contribution in [2.75, 3.05) is 24.6 Å². The predicted octanol–water partition coefficient (Wildman–Crippen LogP) is 2.17. The second-order valence-corrected chi connectivity index (χ2v) is 9.17. The monoisotopic (exact) mass is 336 g/mol. The molecule has 1 aliphatic carbocycles. The second kappa shape index (κ2) is 4.29. The molecule has 5 aliphatic heterocycles. The first-order valence-corrected chi connectivity index (χ1v) is 10.1. The smallest absolute Gasteiger partial charge is 0.229 e. The summed E-state index contributed by atoms with van der Waals surface area (Å²) < 4.78 is 6.33. The Morgan fingerprint density at radius 1 is 1.24 bits per heavy atom. The number of piperidine rings is 2. The van der Waals surface area contributed by atoms with Crippen LogP contribution in [0.1, 0.15) is 31.2 Å². The highest BCUT2D eigenvalue weighted by atomic mass is 16.5. The van der Waals surface area contributed by atoms with Gasteiger partial charge in [-0.05, 0) is 49.3 Å². The van der Waals surface area contributed by atoms with Gasteiger partial charge in [0.25, 0.3) is 0 Å². The van der Waals surface area contributed by atoms with E-state index in [-0.39, 0.29) is 11.5 Å². The molecule has 0 N–H and O–H groups in total. The van der Waals surface area contributed by atoms with E-state index in [1.165, 1.54) is 43.6 Å². The zero-order valence-corrected chi connectivity index (χ0v) is 14.4. The zero-order valence-electron chi connectivity index (χ0n) is 14.4. The average Bonchev–Trinajstić information content (AvgIpc) is 3.10. The normalized spacial score (nSPS) is 49.1. The fourth-order valence-corrected chi connectivity index (χ4v) is 7.96. The Hall–Kier alpha value is -1.39. The van der Waals surface area contributed by atoms with Crippen LogP contribution in [0.5, 0.6) is 0 Å². The molecule has 2 bridgehead atoms. The first-order valence-electron chi connectivity index (χ1n) is 10.1. The van der Waals surface area contributed by atoms with Crippen molar-refractivity contribution in [3.05, 3.63) is 29.8 Å². The number of hydrogen-bond acceptors (Lipinski definition) is 3. The van der Waals surface area contributed by atoms with Gasteiger partial charge in [0.15, 0.2) is 0 Å². The lowest BCUT2D eigenvalue weighted by atomic mass is 9.52. The highest BCUT2D eigenvalue weighted by Crippen LogP contribution is 2.66. The van der Waals surface area contributed by atoms with E-state index < -0.39 is 0 Å². The van der Waals surface area contributed by atoms with Crippen LogP contribution in [0.25, 0.3) is 0 Å². The number of nitrogens with zero attached hydrogens (tertiary/aromatic N) is 2. The number of carbonyl (C=O) groups excluding carboxylic acids is 1. The number of benzene rings is 1. The maximum Gasteiger partial charge on any atom is 0.229 e. The number of anilines is 1. The van der Waals surface area contributed by atoms with Gasteiger partial charge in [-0.1, -0.05) is 18.2 Å². The van der Waals surface area contributed by atoms with E-state index >= 15 is 0 Å². The van der Waals surface area contributed by atoms with Gasteiger partial charge in [0, 0.05) is 36.2 Å². The summed E-state index contributed by atoms with van der Waals surface area (Å²) in [6, 6.07) is 9.78. The van der Waals surface area contributed by atoms with Crippen molar-refractivity contribution in [2.45, 2.75) is 49.3 Å². The van der Waals surface area contributed by atoms with Crippen LogP contribution in [0.15, 0.2) is 24.3 Å². The van der Waals surface area contributed by atoms with Gasteiger partial charge in [-0.3, -0.25) is 9.69 Å². The maximum atomic E-state index is 13.2. The summed E-state index contributed by atoms with van der Waals surface area (Å²) in [7, 11) is 0. The van der Waals surface area contributed by atoms with Crippen LogP contribution in [0.4, 0.5) is 5.69 Å². The van der Waals surface area contributed by atoms with Gasteiger partial charge in [-0.25, -0.2) is 0 Å². The van der Waals surface area contributed by atoms with Crippen LogP contribution in [-0.4, -0.2) is 48.7 Å². The van der Waals surface area contributed by atoms with Crippen molar-refractivity contribution >= 4 is 11.6 Å². The molecule has 1 aromatic carbocycles. The second-order valence-electron chi connectivity index (χ2n) is 9.17. The van der Waals surface area contributed by atoms with E-state index in [1.54, 1.807) is 0 Å². The number of para-hydroxylation sites is 1. The zero-order chi connectivity index (χ0) is 16.3. The van der Waals surface area contributed by atoms with Gasteiger partial charge in [0.1, 0.15) is 0 Å². The maximum absolute atomic E-state index is 13.2. The summed E-state index contributed by atoms with van der Waals surface area (Å²) in [5.41, 5.74) is 2.83. The Bertz CT molecular complexity index is 794. The lowest BCUT2D eigenvalue weighted by molar-refractivity contribution is -0.134. The first-order chi connectivity index (χ1) is 12.3. The van der Waals surface area contributed by atoms with E-state index in [1.807, 2.05) is 0 Å². The molecular weight excluding hydrogens is 312 g/mol. The van der Waals surface area contributed by atoms with E-state index in [0.29, 0.717) is 30.3 Å². The van der Waals surface area contributed by atoms with Gasteiger partial charge >= 0.3 is 0 Å². The minimum absolute atomic E-state index is 0.156. The average molecular weight is 336 g/mol. The third kappa shape index (κ3) is 1.37. The molecule has 7 atom stereocenters. The third-order valence-corrected chi connectivity index (χ3v) is 8.64. The fraction of sp³-hybridized carbons (Fsp3) is 0.667. The highest BCUT2D eigenvalue weighted by molar-refractivity contribution is 5.99. The Morgan fingerprint density at radius 3 is 3.12 bits per heavy atom. The topological polar surface area (TPSA) is 32.8 Å². The standard InChI is InChI=1S/C21H24N2O2/c24-18-10-16-19-13-9-17-21(6-7-22(17)11-12(13)5-8-25-16)14-3-1-2-4-15(14)23(18)20(19)21/h1-4,12-13,16-17,19-20H,5-11H2/t12-,13-,16-,17-,19-,20-,21+/m1/s1. The molecule has 1 saturated carbocycles. The Balaban J connectivity index is 1.53. The molecule has 5 fully saturated rings. The van der Waals surface area contributed by atoms with Crippen molar-refractivity contribution in [1.82, 2.24) is 4.90 Å². The van der Waals surface area contributed by atoms with Gasteiger partial charge in [-0.15, -0.1) is 0 Å². The van der Waals surface area contributed by atoms with Gasteiger partial charge in [0.2, 0.25) is 5.91 Å². The minimum Gasteiger partial charge on any atom is -0.377 e. The van der Waals surface area contributed by atoms with E-state index in [2.05, 4.69) is 34.1 Å². The highest BCUT2D eigenvalue weighted by Gasteiger charge is 2.71. The van der Waals surface area contributed by atoms with Gasteiger partial charge in [-0.2, -0.15) is 0 Å². The predicted molar refractivity (Wildman–Crippen MR) is 93.4 cm³/mol. The van der Waals surface area contributed by atoms with Gasteiger partial charge < -0.3 is 9.64 Å². The van der Waals surface area contributed by atoms with Crippen LogP contribution < -0.4 is 4.90 Å². The van der Waals surface area contributed by atoms with E-state index in [4.69, 9.17) is 4.74 Å². The van der Waals surface area contributed by atoms with Crippen LogP contribution in [0.3, 0.4) is 0 Å². The summed E-state index contributed by atoms with van der Waals surface area (Å²) in [6.45, 7) is 3.31. The summed E-state index contributed by atoms with van der Waals surface area (Å²) in [5, 5.41) is 0. The quantitative estimate of drug-likeness (QED) is 0.728. The number of rotatable bonds is 0. The van der Waals surface area contributed by atoms with Gasteiger partial charge in [0.05, 0.1) is 18.6 Å². The summed E-state index contributed by atoms with van der Waals surface area (Å²) >= 11 is 0. The molecule has 4 heteroatoms. The Kier molecular flexibility index (Phi) is 2.36. The molecule has 0 aromatic heterocycles. The molecule has 7 rings (SSSR count). The summed E-state index contributed by atoms with van der Waals surface area (Å²) in [4.78, 5) is 18.2. The molecule has 130 valence electrons. The van der Waals surface area contributed by atoms with Crippen LogP contribution in [0, 0.1) is 17.8 Å². The SMILES string of the molecule is O=C1C[C@H]2OCC[C@@H]3CN4CC[C@@]56c7ccccc7N1[C@@H]5[C@@H]2[C@@H]3C[C@@H]46. The van der Waals surface area contributed by atoms with Crippen molar-refractivity contribution in [3.8, 4) is 0 Å². The molecule has 1 spiro atoms. The lowest BCUT2D eigenvalue weighted by Gasteiger charge is -2.59. The summed E-state index contributed by atoms with van der Waals surface area (Å²) in [5.74, 6) is 2.34. The molecule has 6 aliphatic rings. The molecule has 25 heavy (non-hydrogen) atoms. The molecular formula is C21H24N2O2. The molecule has 5 heterocycles.